The Morgan fingerprint density at radius 2 is 1.59 bits per heavy atom. The number of rotatable bonds is 8. The lowest BCUT2D eigenvalue weighted by molar-refractivity contribution is -0.118. The standard InChI is InChI=1S/C22H22N2O4S/c23-29(26,27)16-18-9-6-11-20(14-18)24-22(25)15-28-21-12-5-4-10-19(21)13-17-7-2-1-3-8-17/h1-12,14H,13,15-16H2,(H,24,25)(H2,23,26,27). The largest absolute Gasteiger partial charge is 0.483 e. The van der Waals surface area contributed by atoms with Gasteiger partial charge in [-0.05, 0) is 34.9 Å². The van der Waals surface area contributed by atoms with Gasteiger partial charge in [-0.3, -0.25) is 4.79 Å². The summed E-state index contributed by atoms with van der Waals surface area (Å²) in [7, 11) is -3.64. The number of carbonyl (C=O) groups is 1. The molecule has 7 heteroatoms. The minimum Gasteiger partial charge on any atom is -0.483 e. The molecule has 0 unspecified atom stereocenters. The van der Waals surface area contributed by atoms with E-state index in [0.717, 1.165) is 11.1 Å². The van der Waals surface area contributed by atoms with E-state index >= 15 is 0 Å². The summed E-state index contributed by atoms with van der Waals surface area (Å²) in [6, 6.07) is 24.1. The van der Waals surface area contributed by atoms with Gasteiger partial charge < -0.3 is 10.1 Å². The zero-order valence-electron chi connectivity index (χ0n) is 15.7. The maximum absolute atomic E-state index is 12.3. The van der Waals surface area contributed by atoms with Crippen LogP contribution in [-0.2, 0) is 27.0 Å². The van der Waals surface area contributed by atoms with Crippen LogP contribution in [0.3, 0.4) is 0 Å². The van der Waals surface area contributed by atoms with Crippen LogP contribution in [0.15, 0.2) is 78.9 Å². The van der Waals surface area contributed by atoms with E-state index in [2.05, 4.69) is 5.32 Å². The minimum absolute atomic E-state index is 0.161. The lowest BCUT2D eigenvalue weighted by Gasteiger charge is -2.12. The fourth-order valence-electron chi connectivity index (χ4n) is 2.92. The minimum atomic E-state index is -3.64. The van der Waals surface area contributed by atoms with Crippen molar-refractivity contribution in [1.82, 2.24) is 0 Å². The number of para-hydroxylation sites is 1. The number of sulfonamides is 1. The topological polar surface area (TPSA) is 98.5 Å². The van der Waals surface area contributed by atoms with Gasteiger partial charge in [0.15, 0.2) is 6.61 Å². The van der Waals surface area contributed by atoms with Gasteiger partial charge in [-0.2, -0.15) is 0 Å². The second kappa shape index (κ2) is 9.36. The van der Waals surface area contributed by atoms with Crippen LogP contribution >= 0.6 is 0 Å². The molecule has 3 rings (SSSR count). The van der Waals surface area contributed by atoms with E-state index in [9.17, 15) is 13.2 Å². The van der Waals surface area contributed by atoms with E-state index in [0.29, 0.717) is 23.4 Å². The Morgan fingerprint density at radius 3 is 2.34 bits per heavy atom. The van der Waals surface area contributed by atoms with Crippen molar-refractivity contribution in [3.8, 4) is 5.75 Å². The highest BCUT2D eigenvalue weighted by Gasteiger charge is 2.10. The summed E-state index contributed by atoms with van der Waals surface area (Å²) < 4.78 is 28.2. The van der Waals surface area contributed by atoms with Crippen LogP contribution in [0, 0.1) is 0 Å². The van der Waals surface area contributed by atoms with Gasteiger partial charge in [0.05, 0.1) is 5.75 Å². The van der Waals surface area contributed by atoms with Crippen molar-refractivity contribution in [3.63, 3.8) is 0 Å². The van der Waals surface area contributed by atoms with Gasteiger partial charge in [0.1, 0.15) is 5.75 Å². The fraction of sp³-hybridized carbons (Fsp3) is 0.136. The number of anilines is 1. The summed E-state index contributed by atoms with van der Waals surface area (Å²) in [6.07, 6.45) is 0.703. The molecule has 0 radical (unpaired) electrons. The zero-order chi connectivity index (χ0) is 20.7. The van der Waals surface area contributed by atoms with Crippen LogP contribution in [-0.4, -0.2) is 20.9 Å². The third-order valence-electron chi connectivity index (χ3n) is 4.15. The van der Waals surface area contributed by atoms with Crippen molar-refractivity contribution in [3.05, 3.63) is 95.6 Å². The SMILES string of the molecule is NS(=O)(=O)Cc1cccc(NC(=O)COc2ccccc2Cc2ccccc2)c1. The Kier molecular flexibility index (Phi) is 6.64. The molecule has 0 heterocycles. The number of hydrogen-bond donors (Lipinski definition) is 2. The molecule has 29 heavy (non-hydrogen) atoms. The van der Waals surface area contributed by atoms with Gasteiger partial charge in [0.2, 0.25) is 10.0 Å². The number of primary sulfonamides is 1. The molecule has 6 nitrogen and oxygen atoms in total. The van der Waals surface area contributed by atoms with Crippen molar-refractivity contribution in [2.75, 3.05) is 11.9 Å². The smallest absolute Gasteiger partial charge is 0.262 e. The van der Waals surface area contributed by atoms with Crippen LogP contribution in [0.2, 0.25) is 0 Å². The number of carbonyl (C=O) groups excluding carboxylic acids is 1. The summed E-state index contributed by atoms with van der Waals surface area (Å²) >= 11 is 0. The molecule has 0 spiro atoms. The molecule has 0 saturated carbocycles. The van der Waals surface area contributed by atoms with Gasteiger partial charge in [-0.15, -0.1) is 0 Å². The van der Waals surface area contributed by atoms with Crippen molar-refractivity contribution in [2.24, 2.45) is 5.14 Å². The monoisotopic (exact) mass is 410 g/mol. The summed E-state index contributed by atoms with van der Waals surface area (Å²) in [5.74, 6) is 0.0156. The lowest BCUT2D eigenvalue weighted by atomic mass is 10.0. The normalized spacial score (nSPS) is 11.1. The summed E-state index contributed by atoms with van der Waals surface area (Å²) in [4.78, 5) is 12.3. The zero-order valence-corrected chi connectivity index (χ0v) is 16.6. The quantitative estimate of drug-likeness (QED) is 0.596. The summed E-state index contributed by atoms with van der Waals surface area (Å²) in [5, 5.41) is 7.77. The number of nitrogens with two attached hydrogens (primary N) is 1. The molecular formula is C22H22N2O4S. The number of nitrogens with one attached hydrogen (secondary N) is 1. The lowest BCUT2D eigenvalue weighted by Crippen LogP contribution is -2.21. The second-order valence-corrected chi connectivity index (χ2v) is 8.23. The van der Waals surface area contributed by atoms with E-state index in [1.807, 2.05) is 54.6 Å². The van der Waals surface area contributed by atoms with E-state index in [1.54, 1.807) is 24.3 Å². The third-order valence-corrected chi connectivity index (χ3v) is 4.88. The summed E-state index contributed by atoms with van der Waals surface area (Å²) in [5.41, 5.74) is 3.12. The molecule has 0 aliphatic heterocycles. The van der Waals surface area contributed by atoms with Crippen LogP contribution in [0.25, 0.3) is 0 Å². The Balaban J connectivity index is 1.61. The number of amides is 1. The van der Waals surface area contributed by atoms with Crippen LogP contribution < -0.4 is 15.2 Å². The van der Waals surface area contributed by atoms with Gasteiger partial charge in [-0.25, -0.2) is 13.6 Å². The highest BCUT2D eigenvalue weighted by molar-refractivity contribution is 7.88. The van der Waals surface area contributed by atoms with Crippen LogP contribution in [0.4, 0.5) is 5.69 Å². The molecule has 3 aromatic carbocycles. The van der Waals surface area contributed by atoms with Gasteiger partial charge >= 0.3 is 0 Å². The van der Waals surface area contributed by atoms with E-state index in [4.69, 9.17) is 9.88 Å². The predicted octanol–water partition coefficient (Wildman–Crippen LogP) is 3.08. The first-order valence-electron chi connectivity index (χ1n) is 9.03. The molecule has 150 valence electrons. The number of hydrogen-bond acceptors (Lipinski definition) is 4. The third kappa shape index (κ3) is 6.74. The first-order valence-corrected chi connectivity index (χ1v) is 10.7. The molecule has 1 amide bonds. The van der Waals surface area contributed by atoms with Crippen molar-refractivity contribution in [2.45, 2.75) is 12.2 Å². The average molecular weight is 410 g/mol. The maximum atomic E-state index is 12.3. The van der Waals surface area contributed by atoms with Crippen LogP contribution in [0.1, 0.15) is 16.7 Å². The number of ether oxygens (including phenoxy) is 1. The Labute approximate surface area is 170 Å². The predicted molar refractivity (Wildman–Crippen MR) is 113 cm³/mol. The second-order valence-electron chi connectivity index (χ2n) is 6.61. The van der Waals surface area contributed by atoms with Gasteiger partial charge in [-0.1, -0.05) is 60.7 Å². The van der Waals surface area contributed by atoms with Crippen molar-refractivity contribution < 1.29 is 17.9 Å². The molecule has 0 atom stereocenters. The average Bonchev–Trinajstić information content (AvgIpc) is 2.67. The molecule has 0 aliphatic carbocycles. The first kappa shape index (κ1) is 20.6. The van der Waals surface area contributed by atoms with Gasteiger partial charge in [0.25, 0.3) is 5.91 Å². The van der Waals surface area contributed by atoms with Crippen LogP contribution in [0.5, 0.6) is 5.75 Å². The van der Waals surface area contributed by atoms with E-state index in [1.165, 1.54) is 0 Å². The maximum Gasteiger partial charge on any atom is 0.262 e. The Bertz CT molecular complexity index is 1080. The fourth-order valence-corrected chi connectivity index (χ4v) is 3.56. The summed E-state index contributed by atoms with van der Waals surface area (Å²) in [6.45, 7) is -0.161. The van der Waals surface area contributed by atoms with Crippen molar-refractivity contribution in [1.29, 1.82) is 0 Å². The Morgan fingerprint density at radius 1 is 0.897 bits per heavy atom. The van der Waals surface area contributed by atoms with Gasteiger partial charge in [0, 0.05) is 12.1 Å². The van der Waals surface area contributed by atoms with E-state index < -0.39 is 10.0 Å². The highest BCUT2D eigenvalue weighted by Crippen LogP contribution is 2.21. The highest BCUT2D eigenvalue weighted by atomic mass is 32.2. The number of benzene rings is 3. The molecule has 3 N–H and O–H groups in total. The molecule has 3 aromatic rings. The molecule has 0 bridgehead atoms. The Hall–Kier alpha value is -3.16. The molecule has 0 saturated heterocycles. The van der Waals surface area contributed by atoms with Crippen molar-refractivity contribution >= 4 is 21.6 Å². The molecule has 0 aromatic heterocycles. The molecule has 0 fully saturated rings. The molecule has 0 aliphatic rings. The first-order chi connectivity index (χ1) is 13.9. The molecular weight excluding hydrogens is 388 g/mol. The van der Waals surface area contributed by atoms with E-state index in [-0.39, 0.29) is 18.3 Å².